The Kier molecular flexibility index (Phi) is 10.3. The van der Waals surface area contributed by atoms with E-state index in [1.807, 2.05) is 0 Å². The Bertz CT molecular complexity index is 854. The van der Waals surface area contributed by atoms with Crippen molar-refractivity contribution in [1.29, 1.82) is 0 Å². The number of hydrogen-bond acceptors (Lipinski definition) is 5. The van der Waals surface area contributed by atoms with Crippen LogP contribution >= 0.6 is 12.2 Å². The fourth-order valence-electron chi connectivity index (χ4n) is 2.73. The van der Waals surface area contributed by atoms with Crippen molar-refractivity contribution in [3.8, 4) is 11.5 Å². The predicted molar refractivity (Wildman–Crippen MR) is 124 cm³/mol. The monoisotopic (exact) mass is 443 g/mol. The summed E-state index contributed by atoms with van der Waals surface area (Å²) in [5.41, 5.74) is 6.26. The summed E-state index contributed by atoms with van der Waals surface area (Å²) in [7, 11) is 1.58. The van der Waals surface area contributed by atoms with Gasteiger partial charge in [0.05, 0.1) is 20.1 Å². The van der Waals surface area contributed by atoms with Crippen molar-refractivity contribution in [3.63, 3.8) is 0 Å². The third-order valence-corrected chi connectivity index (χ3v) is 4.65. The van der Waals surface area contributed by atoms with Crippen LogP contribution in [-0.2, 0) is 11.2 Å². The molecule has 0 fully saturated rings. The Labute approximate surface area is 188 Å². The Morgan fingerprint density at radius 2 is 1.58 bits per heavy atom. The molecule has 0 radical (unpaired) electrons. The van der Waals surface area contributed by atoms with Crippen molar-refractivity contribution in [3.05, 3.63) is 59.7 Å². The molecule has 31 heavy (non-hydrogen) atoms. The van der Waals surface area contributed by atoms with Crippen molar-refractivity contribution in [1.82, 2.24) is 16.2 Å². The molecule has 0 heterocycles. The first-order chi connectivity index (χ1) is 15.0. The van der Waals surface area contributed by atoms with E-state index < -0.39 is 0 Å². The molecule has 3 N–H and O–H groups in total. The number of hydrogen-bond donors (Lipinski definition) is 3. The molecule has 8 heteroatoms. The SMILES string of the molecule is CCCCCCOc1ccc(C(=O)NC(=S)NNC(=O)Cc2ccc(OC)cc2)cc1. The van der Waals surface area contributed by atoms with Crippen LogP contribution in [-0.4, -0.2) is 30.6 Å². The van der Waals surface area contributed by atoms with Gasteiger partial charge in [0.25, 0.3) is 5.91 Å². The highest BCUT2D eigenvalue weighted by Gasteiger charge is 2.09. The van der Waals surface area contributed by atoms with E-state index in [1.54, 1.807) is 55.6 Å². The summed E-state index contributed by atoms with van der Waals surface area (Å²) in [4.78, 5) is 24.3. The van der Waals surface area contributed by atoms with Gasteiger partial charge in [-0.25, -0.2) is 0 Å². The zero-order valence-electron chi connectivity index (χ0n) is 17.9. The van der Waals surface area contributed by atoms with Gasteiger partial charge in [0.15, 0.2) is 5.11 Å². The summed E-state index contributed by atoms with van der Waals surface area (Å²) in [6, 6.07) is 14.0. The van der Waals surface area contributed by atoms with Crippen LogP contribution in [0.4, 0.5) is 0 Å². The van der Waals surface area contributed by atoms with Crippen LogP contribution in [0.3, 0.4) is 0 Å². The first kappa shape index (κ1) is 24.1. The smallest absolute Gasteiger partial charge is 0.257 e. The van der Waals surface area contributed by atoms with E-state index in [9.17, 15) is 9.59 Å². The lowest BCUT2D eigenvalue weighted by atomic mass is 10.1. The summed E-state index contributed by atoms with van der Waals surface area (Å²) in [6.45, 7) is 2.83. The van der Waals surface area contributed by atoms with E-state index in [4.69, 9.17) is 21.7 Å². The second-order valence-electron chi connectivity index (χ2n) is 6.91. The Morgan fingerprint density at radius 1 is 0.903 bits per heavy atom. The number of hydrazine groups is 1. The minimum absolute atomic E-state index is 0.00401. The number of carbonyl (C=O) groups excluding carboxylic acids is 2. The van der Waals surface area contributed by atoms with Gasteiger partial charge in [-0.2, -0.15) is 0 Å². The molecule has 0 saturated heterocycles. The second kappa shape index (κ2) is 13.2. The molecule has 0 aliphatic heterocycles. The molecule has 0 atom stereocenters. The molecule has 2 aromatic carbocycles. The summed E-state index contributed by atoms with van der Waals surface area (Å²) < 4.78 is 10.8. The molecule has 0 aliphatic rings. The number of unbranched alkanes of at least 4 members (excludes halogenated alkanes) is 3. The number of amides is 2. The quantitative estimate of drug-likeness (QED) is 0.296. The molecule has 2 amide bonds. The summed E-state index contributed by atoms with van der Waals surface area (Å²) in [5, 5.41) is 2.53. The molecular formula is C23H29N3O4S. The van der Waals surface area contributed by atoms with E-state index in [0.29, 0.717) is 12.2 Å². The van der Waals surface area contributed by atoms with Crippen LogP contribution in [0.1, 0.15) is 48.5 Å². The van der Waals surface area contributed by atoms with Crippen molar-refractivity contribution in [2.45, 2.75) is 39.0 Å². The molecule has 0 aromatic heterocycles. The fourth-order valence-corrected chi connectivity index (χ4v) is 2.87. The lowest BCUT2D eigenvalue weighted by Crippen LogP contribution is -2.48. The highest BCUT2D eigenvalue weighted by Crippen LogP contribution is 2.13. The van der Waals surface area contributed by atoms with Crippen molar-refractivity contribution in [2.75, 3.05) is 13.7 Å². The van der Waals surface area contributed by atoms with Crippen LogP contribution in [0.15, 0.2) is 48.5 Å². The number of thiocarbonyl (C=S) groups is 1. The van der Waals surface area contributed by atoms with Gasteiger partial charge < -0.3 is 9.47 Å². The lowest BCUT2D eigenvalue weighted by molar-refractivity contribution is -0.121. The molecule has 2 rings (SSSR count). The van der Waals surface area contributed by atoms with Gasteiger partial charge >= 0.3 is 0 Å². The van der Waals surface area contributed by atoms with Crippen LogP contribution in [0.5, 0.6) is 11.5 Å². The molecule has 7 nitrogen and oxygen atoms in total. The van der Waals surface area contributed by atoms with Gasteiger partial charge in [-0.05, 0) is 60.6 Å². The van der Waals surface area contributed by atoms with Gasteiger partial charge in [-0.3, -0.25) is 25.8 Å². The van der Waals surface area contributed by atoms with Gasteiger partial charge in [-0.15, -0.1) is 0 Å². The second-order valence-corrected chi connectivity index (χ2v) is 7.32. The zero-order chi connectivity index (χ0) is 22.5. The standard InChI is InChI=1S/C23H29N3O4S/c1-3-4-5-6-15-30-20-13-9-18(10-14-20)22(28)24-23(31)26-25-21(27)16-17-7-11-19(29-2)12-8-17/h7-14H,3-6,15-16H2,1-2H3,(H,25,27)(H2,24,26,28,31). The molecule has 0 saturated carbocycles. The molecule has 0 bridgehead atoms. The molecule has 0 spiro atoms. The maximum absolute atomic E-state index is 12.3. The van der Waals surface area contributed by atoms with Crippen molar-refractivity contribution >= 4 is 29.1 Å². The normalized spacial score (nSPS) is 10.1. The summed E-state index contributed by atoms with van der Waals surface area (Å²) >= 11 is 5.06. The van der Waals surface area contributed by atoms with Crippen molar-refractivity contribution in [2.24, 2.45) is 0 Å². The highest BCUT2D eigenvalue weighted by atomic mass is 32.1. The van der Waals surface area contributed by atoms with Gasteiger partial charge in [0.1, 0.15) is 11.5 Å². The third kappa shape index (κ3) is 9.04. The lowest BCUT2D eigenvalue weighted by Gasteiger charge is -2.11. The molecule has 0 aliphatic carbocycles. The van der Waals surface area contributed by atoms with Crippen LogP contribution < -0.4 is 25.6 Å². The number of nitrogens with one attached hydrogen (secondary N) is 3. The maximum atomic E-state index is 12.3. The number of benzene rings is 2. The van der Waals surface area contributed by atoms with Gasteiger partial charge in [0, 0.05) is 5.56 Å². The van der Waals surface area contributed by atoms with E-state index in [-0.39, 0.29) is 23.3 Å². The maximum Gasteiger partial charge on any atom is 0.257 e. The minimum Gasteiger partial charge on any atom is -0.497 e. The number of methoxy groups -OCH3 is 1. The molecule has 166 valence electrons. The summed E-state index contributed by atoms with van der Waals surface area (Å²) in [5.74, 6) is 0.774. The van der Waals surface area contributed by atoms with E-state index in [2.05, 4.69) is 23.1 Å². The van der Waals surface area contributed by atoms with Gasteiger partial charge in [-0.1, -0.05) is 38.3 Å². The Balaban J connectivity index is 1.70. The average Bonchev–Trinajstić information content (AvgIpc) is 2.78. The first-order valence-electron chi connectivity index (χ1n) is 10.3. The largest absolute Gasteiger partial charge is 0.497 e. The fraction of sp³-hybridized carbons (Fsp3) is 0.348. The number of ether oxygens (including phenoxy) is 2. The van der Waals surface area contributed by atoms with E-state index in [1.165, 1.54) is 12.8 Å². The minimum atomic E-state index is -0.378. The van der Waals surface area contributed by atoms with Gasteiger partial charge in [0.2, 0.25) is 5.91 Å². The van der Waals surface area contributed by atoms with Crippen LogP contribution in [0.2, 0.25) is 0 Å². The highest BCUT2D eigenvalue weighted by molar-refractivity contribution is 7.80. The molecule has 2 aromatic rings. The average molecular weight is 444 g/mol. The topological polar surface area (TPSA) is 88.7 Å². The Morgan fingerprint density at radius 3 is 2.23 bits per heavy atom. The number of rotatable bonds is 10. The molecule has 0 unspecified atom stereocenters. The van der Waals surface area contributed by atoms with E-state index >= 15 is 0 Å². The Hall–Kier alpha value is -3.13. The predicted octanol–water partition coefficient (Wildman–Crippen LogP) is 3.53. The van der Waals surface area contributed by atoms with Crippen LogP contribution in [0.25, 0.3) is 0 Å². The molecular weight excluding hydrogens is 414 g/mol. The summed E-state index contributed by atoms with van der Waals surface area (Å²) in [6.07, 6.45) is 4.72. The number of carbonyl (C=O) groups is 2. The zero-order valence-corrected chi connectivity index (χ0v) is 18.7. The first-order valence-corrected chi connectivity index (χ1v) is 10.7. The van der Waals surface area contributed by atoms with Crippen LogP contribution in [0, 0.1) is 0 Å². The third-order valence-electron chi connectivity index (χ3n) is 4.45. The van der Waals surface area contributed by atoms with E-state index in [0.717, 1.165) is 29.9 Å². The van der Waals surface area contributed by atoms with Crippen molar-refractivity contribution < 1.29 is 19.1 Å².